The molecule has 1 saturated heterocycles. The van der Waals surface area contributed by atoms with Crippen molar-refractivity contribution in [2.75, 3.05) is 0 Å². The highest BCUT2D eigenvalue weighted by Crippen LogP contribution is 2.44. The molecule has 1 aliphatic heterocycles. The summed E-state index contributed by atoms with van der Waals surface area (Å²) in [7, 11) is 0. The van der Waals surface area contributed by atoms with Gasteiger partial charge in [0, 0.05) is 12.8 Å². The maximum absolute atomic E-state index is 10.2. The summed E-state index contributed by atoms with van der Waals surface area (Å²) < 4.78 is 5.43. The second-order valence-corrected chi connectivity index (χ2v) is 6.75. The van der Waals surface area contributed by atoms with Crippen LogP contribution in [-0.4, -0.2) is 39.9 Å². The summed E-state index contributed by atoms with van der Waals surface area (Å²) in [6, 6.07) is 10.2. The van der Waals surface area contributed by atoms with Gasteiger partial charge in [0.15, 0.2) is 6.29 Å². The molecule has 0 unspecified atom stereocenters. The molecule has 22 heavy (non-hydrogen) atoms. The first-order chi connectivity index (χ1) is 10.6. The minimum Gasteiger partial charge on any atom is -0.393 e. The molecule has 0 bridgehead atoms. The maximum atomic E-state index is 10.2. The Labute approximate surface area is 131 Å². The van der Waals surface area contributed by atoms with E-state index in [1.165, 1.54) is 5.56 Å². The Morgan fingerprint density at radius 3 is 2.64 bits per heavy atom. The lowest BCUT2D eigenvalue weighted by Crippen LogP contribution is -2.22. The van der Waals surface area contributed by atoms with Crippen molar-refractivity contribution in [3.8, 4) is 0 Å². The van der Waals surface area contributed by atoms with E-state index >= 15 is 0 Å². The Bertz CT molecular complexity index is 463. The highest BCUT2D eigenvalue weighted by Gasteiger charge is 2.48. The van der Waals surface area contributed by atoms with Gasteiger partial charge in [0.2, 0.25) is 0 Å². The van der Waals surface area contributed by atoms with E-state index in [4.69, 9.17) is 4.74 Å². The van der Waals surface area contributed by atoms with Crippen molar-refractivity contribution >= 4 is 0 Å². The molecule has 4 heteroatoms. The zero-order chi connectivity index (χ0) is 15.5. The van der Waals surface area contributed by atoms with E-state index in [9.17, 15) is 15.3 Å². The van der Waals surface area contributed by atoms with Gasteiger partial charge in [-0.25, -0.2) is 0 Å². The standard InChI is InChI=1S/C18H26O4/c19-13(7-6-12-4-2-1-3-5-12)8-9-14-15-10-18(21)22-17(15)11-16(14)20/h1-5,13-21H,6-11H2/t13-,14-,15+,16+,17-,18-/m1/s1. The van der Waals surface area contributed by atoms with Crippen molar-refractivity contribution in [3.05, 3.63) is 35.9 Å². The van der Waals surface area contributed by atoms with Gasteiger partial charge < -0.3 is 20.1 Å². The molecular weight excluding hydrogens is 280 g/mol. The van der Waals surface area contributed by atoms with E-state index in [-0.39, 0.29) is 30.1 Å². The smallest absolute Gasteiger partial charge is 0.155 e. The molecule has 0 radical (unpaired) electrons. The van der Waals surface area contributed by atoms with Crippen LogP contribution in [0, 0.1) is 11.8 Å². The van der Waals surface area contributed by atoms with Crippen LogP contribution in [0.2, 0.25) is 0 Å². The molecular formula is C18H26O4. The first-order valence-corrected chi connectivity index (χ1v) is 8.37. The number of benzene rings is 1. The Kier molecular flexibility index (Phi) is 5.14. The fourth-order valence-electron chi connectivity index (χ4n) is 4.04. The second kappa shape index (κ2) is 7.09. The molecule has 1 aliphatic carbocycles. The van der Waals surface area contributed by atoms with Gasteiger partial charge in [0.05, 0.1) is 18.3 Å². The number of fused-ring (bicyclic) bond motifs is 1. The van der Waals surface area contributed by atoms with Crippen molar-refractivity contribution < 1.29 is 20.1 Å². The van der Waals surface area contributed by atoms with Crippen LogP contribution in [0.25, 0.3) is 0 Å². The van der Waals surface area contributed by atoms with Crippen LogP contribution in [-0.2, 0) is 11.2 Å². The van der Waals surface area contributed by atoms with Gasteiger partial charge >= 0.3 is 0 Å². The number of aryl methyl sites for hydroxylation is 1. The van der Waals surface area contributed by atoms with Crippen LogP contribution in [0.15, 0.2) is 30.3 Å². The average molecular weight is 306 g/mol. The van der Waals surface area contributed by atoms with Crippen molar-refractivity contribution in [1.29, 1.82) is 0 Å². The second-order valence-electron chi connectivity index (χ2n) is 6.75. The average Bonchev–Trinajstić information content (AvgIpc) is 2.99. The highest BCUT2D eigenvalue weighted by molar-refractivity contribution is 5.14. The van der Waals surface area contributed by atoms with E-state index in [0.717, 1.165) is 19.3 Å². The summed E-state index contributed by atoms with van der Waals surface area (Å²) in [5.41, 5.74) is 1.25. The monoisotopic (exact) mass is 306 g/mol. The lowest BCUT2D eigenvalue weighted by atomic mass is 9.86. The highest BCUT2D eigenvalue weighted by atomic mass is 16.6. The van der Waals surface area contributed by atoms with Gasteiger partial charge in [0.25, 0.3) is 0 Å². The quantitative estimate of drug-likeness (QED) is 0.750. The lowest BCUT2D eigenvalue weighted by molar-refractivity contribution is -0.0951. The maximum Gasteiger partial charge on any atom is 0.155 e. The number of hydrogen-bond acceptors (Lipinski definition) is 4. The molecule has 3 N–H and O–H groups in total. The molecule has 4 nitrogen and oxygen atoms in total. The molecule has 1 heterocycles. The molecule has 0 amide bonds. The largest absolute Gasteiger partial charge is 0.393 e. The van der Waals surface area contributed by atoms with Crippen LogP contribution in [0.4, 0.5) is 0 Å². The number of aliphatic hydroxyl groups is 3. The molecule has 0 spiro atoms. The van der Waals surface area contributed by atoms with Crippen LogP contribution < -0.4 is 0 Å². The van der Waals surface area contributed by atoms with Crippen LogP contribution >= 0.6 is 0 Å². The predicted octanol–water partition coefficient (Wildman–Crippen LogP) is 1.86. The van der Waals surface area contributed by atoms with Gasteiger partial charge in [-0.05, 0) is 43.1 Å². The van der Waals surface area contributed by atoms with Gasteiger partial charge in [0.1, 0.15) is 0 Å². The first-order valence-electron chi connectivity index (χ1n) is 8.37. The van der Waals surface area contributed by atoms with E-state index in [1.54, 1.807) is 0 Å². The third-order valence-corrected chi connectivity index (χ3v) is 5.24. The number of ether oxygens (including phenoxy) is 1. The Morgan fingerprint density at radius 2 is 1.86 bits per heavy atom. The molecule has 3 rings (SSSR count). The number of aliphatic hydroxyl groups excluding tert-OH is 3. The molecule has 1 saturated carbocycles. The summed E-state index contributed by atoms with van der Waals surface area (Å²) in [5, 5.41) is 29.9. The fraction of sp³-hybridized carbons (Fsp3) is 0.667. The predicted molar refractivity (Wildman–Crippen MR) is 83.1 cm³/mol. The lowest BCUT2D eigenvalue weighted by Gasteiger charge is -2.21. The van der Waals surface area contributed by atoms with Gasteiger partial charge in [-0.1, -0.05) is 30.3 Å². The Balaban J connectivity index is 1.43. The van der Waals surface area contributed by atoms with Gasteiger partial charge in [-0.15, -0.1) is 0 Å². The van der Waals surface area contributed by atoms with Crippen LogP contribution in [0.5, 0.6) is 0 Å². The van der Waals surface area contributed by atoms with E-state index < -0.39 is 6.29 Å². The van der Waals surface area contributed by atoms with Crippen molar-refractivity contribution in [2.24, 2.45) is 11.8 Å². The first kappa shape index (κ1) is 15.9. The molecule has 1 aromatic rings. The molecule has 2 aliphatic rings. The Morgan fingerprint density at radius 1 is 1.09 bits per heavy atom. The molecule has 2 fully saturated rings. The molecule has 122 valence electrons. The summed E-state index contributed by atoms with van der Waals surface area (Å²) in [6.45, 7) is 0. The van der Waals surface area contributed by atoms with E-state index in [0.29, 0.717) is 19.3 Å². The van der Waals surface area contributed by atoms with Gasteiger partial charge in [-0.2, -0.15) is 0 Å². The van der Waals surface area contributed by atoms with Crippen molar-refractivity contribution in [1.82, 2.24) is 0 Å². The molecule has 1 aromatic carbocycles. The summed E-state index contributed by atoms with van der Waals surface area (Å²) >= 11 is 0. The number of hydrogen-bond donors (Lipinski definition) is 3. The van der Waals surface area contributed by atoms with Crippen LogP contribution in [0.1, 0.15) is 37.7 Å². The summed E-state index contributed by atoms with van der Waals surface area (Å²) in [4.78, 5) is 0. The van der Waals surface area contributed by atoms with E-state index in [2.05, 4.69) is 12.1 Å². The summed E-state index contributed by atoms with van der Waals surface area (Å²) in [5.74, 6) is 0.389. The zero-order valence-electron chi connectivity index (χ0n) is 12.8. The third kappa shape index (κ3) is 3.69. The normalized spacial score (nSPS) is 35.5. The minimum absolute atomic E-state index is 0.00328. The van der Waals surface area contributed by atoms with Gasteiger partial charge in [-0.3, -0.25) is 0 Å². The van der Waals surface area contributed by atoms with Crippen molar-refractivity contribution in [2.45, 2.75) is 63.1 Å². The topological polar surface area (TPSA) is 69.9 Å². The summed E-state index contributed by atoms with van der Waals surface area (Å²) in [6.07, 6.45) is 3.00. The Hall–Kier alpha value is -0.940. The van der Waals surface area contributed by atoms with E-state index in [1.807, 2.05) is 18.2 Å². The van der Waals surface area contributed by atoms with Crippen molar-refractivity contribution in [3.63, 3.8) is 0 Å². The fourth-order valence-corrected chi connectivity index (χ4v) is 4.04. The number of rotatable bonds is 6. The molecule has 6 atom stereocenters. The van der Waals surface area contributed by atoms with Crippen LogP contribution in [0.3, 0.4) is 0 Å². The molecule has 0 aromatic heterocycles. The SMILES string of the molecule is O[C@H](CCc1ccccc1)CC[C@@H]1[C@@H]2C[C@H](O)O[C@@H]2C[C@@H]1O. The zero-order valence-corrected chi connectivity index (χ0v) is 12.8. The minimum atomic E-state index is -0.673. The third-order valence-electron chi connectivity index (χ3n) is 5.24.